The zero-order valence-corrected chi connectivity index (χ0v) is 12.2. The molecule has 0 amide bonds. The molecule has 4 nitrogen and oxygen atoms in total. The van der Waals surface area contributed by atoms with Crippen LogP contribution >= 0.6 is 0 Å². The lowest BCUT2D eigenvalue weighted by atomic mass is 10.0. The van der Waals surface area contributed by atoms with Crippen LogP contribution in [0.4, 0.5) is 0 Å². The van der Waals surface area contributed by atoms with Crippen molar-refractivity contribution in [1.29, 1.82) is 0 Å². The molecule has 0 bridgehead atoms. The second kappa shape index (κ2) is 6.14. The Morgan fingerprint density at radius 2 is 2.05 bits per heavy atom. The molecule has 0 radical (unpaired) electrons. The molecule has 1 aromatic carbocycles. The molecule has 2 heterocycles. The lowest BCUT2D eigenvalue weighted by molar-refractivity contribution is 0.0720. The summed E-state index contributed by atoms with van der Waals surface area (Å²) in [6.45, 7) is 2.60. The van der Waals surface area contributed by atoms with Crippen LogP contribution in [-0.4, -0.2) is 23.7 Å². The summed E-state index contributed by atoms with van der Waals surface area (Å²) in [5.74, 6) is 1.55. The maximum Gasteiger partial charge on any atom is 0.161 e. The van der Waals surface area contributed by atoms with Crippen LogP contribution in [0, 0.1) is 0 Å². The number of para-hydroxylation sites is 2. The van der Waals surface area contributed by atoms with Crippen molar-refractivity contribution in [3.05, 3.63) is 53.9 Å². The zero-order chi connectivity index (χ0) is 14.7. The van der Waals surface area contributed by atoms with Crippen LogP contribution in [0.15, 0.2) is 42.6 Å². The van der Waals surface area contributed by atoms with Crippen LogP contribution in [0.5, 0.6) is 11.5 Å². The molecule has 0 saturated carbocycles. The normalized spacial score (nSPS) is 18.3. The predicted molar refractivity (Wildman–Crippen MR) is 81.6 cm³/mol. The van der Waals surface area contributed by atoms with E-state index in [2.05, 4.69) is 18.0 Å². The van der Waals surface area contributed by atoms with Crippen LogP contribution < -0.4 is 15.2 Å². The van der Waals surface area contributed by atoms with E-state index >= 15 is 0 Å². The van der Waals surface area contributed by atoms with Gasteiger partial charge in [-0.1, -0.05) is 25.1 Å². The topological polar surface area (TPSA) is 57.4 Å². The van der Waals surface area contributed by atoms with E-state index in [0.717, 1.165) is 23.6 Å². The van der Waals surface area contributed by atoms with Crippen molar-refractivity contribution in [2.75, 3.05) is 6.61 Å². The SMILES string of the molecule is CCc1ccc(CC(N)C2COc3ccccc3O2)nc1. The molecule has 0 spiro atoms. The molecule has 4 heteroatoms. The van der Waals surface area contributed by atoms with E-state index in [1.54, 1.807) is 0 Å². The Morgan fingerprint density at radius 1 is 1.24 bits per heavy atom. The number of hydrogen-bond acceptors (Lipinski definition) is 4. The molecular weight excluding hydrogens is 264 g/mol. The minimum absolute atomic E-state index is 0.140. The number of aromatic nitrogens is 1. The second-order valence-electron chi connectivity index (χ2n) is 5.29. The largest absolute Gasteiger partial charge is 0.486 e. The minimum Gasteiger partial charge on any atom is -0.486 e. The molecule has 0 fully saturated rings. The number of ether oxygens (including phenoxy) is 2. The number of hydrogen-bond donors (Lipinski definition) is 1. The average molecular weight is 284 g/mol. The fourth-order valence-corrected chi connectivity index (χ4v) is 2.40. The van der Waals surface area contributed by atoms with Crippen LogP contribution in [0.1, 0.15) is 18.2 Å². The van der Waals surface area contributed by atoms with Crippen LogP contribution in [-0.2, 0) is 12.8 Å². The Morgan fingerprint density at radius 3 is 2.76 bits per heavy atom. The van der Waals surface area contributed by atoms with Crippen molar-refractivity contribution < 1.29 is 9.47 Å². The Labute approximate surface area is 124 Å². The second-order valence-corrected chi connectivity index (χ2v) is 5.29. The van der Waals surface area contributed by atoms with E-state index in [9.17, 15) is 0 Å². The van der Waals surface area contributed by atoms with E-state index in [0.29, 0.717) is 13.0 Å². The Hall–Kier alpha value is -2.07. The highest BCUT2D eigenvalue weighted by molar-refractivity contribution is 5.40. The lowest BCUT2D eigenvalue weighted by Gasteiger charge is -2.30. The number of benzene rings is 1. The maximum absolute atomic E-state index is 6.26. The van der Waals surface area contributed by atoms with Gasteiger partial charge in [-0.05, 0) is 30.2 Å². The van der Waals surface area contributed by atoms with E-state index < -0.39 is 0 Å². The number of nitrogens with two attached hydrogens (primary N) is 1. The maximum atomic E-state index is 6.26. The van der Waals surface area contributed by atoms with E-state index in [1.807, 2.05) is 36.5 Å². The molecule has 2 aromatic rings. The summed E-state index contributed by atoms with van der Waals surface area (Å²) < 4.78 is 11.6. The number of pyridine rings is 1. The van der Waals surface area contributed by atoms with Gasteiger partial charge < -0.3 is 15.2 Å². The highest BCUT2D eigenvalue weighted by atomic mass is 16.6. The van der Waals surface area contributed by atoms with Gasteiger partial charge in [-0.3, -0.25) is 4.98 Å². The van der Waals surface area contributed by atoms with Crippen molar-refractivity contribution in [2.45, 2.75) is 31.9 Å². The summed E-state index contributed by atoms with van der Waals surface area (Å²) in [5.41, 5.74) is 8.49. The molecule has 21 heavy (non-hydrogen) atoms. The average Bonchev–Trinajstić information content (AvgIpc) is 2.55. The summed E-state index contributed by atoms with van der Waals surface area (Å²) in [4.78, 5) is 4.45. The molecule has 1 aliphatic rings. The third-order valence-corrected chi connectivity index (χ3v) is 3.75. The monoisotopic (exact) mass is 284 g/mol. The molecule has 110 valence electrons. The number of fused-ring (bicyclic) bond motifs is 1. The van der Waals surface area contributed by atoms with Gasteiger partial charge in [0.25, 0.3) is 0 Å². The van der Waals surface area contributed by atoms with Gasteiger partial charge in [0, 0.05) is 18.3 Å². The lowest BCUT2D eigenvalue weighted by Crippen LogP contribution is -2.46. The first-order valence-electron chi connectivity index (χ1n) is 7.34. The smallest absolute Gasteiger partial charge is 0.161 e. The van der Waals surface area contributed by atoms with Gasteiger partial charge in [0.1, 0.15) is 12.7 Å². The van der Waals surface area contributed by atoms with E-state index in [-0.39, 0.29) is 12.1 Å². The van der Waals surface area contributed by atoms with E-state index in [4.69, 9.17) is 15.2 Å². The van der Waals surface area contributed by atoms with Crippen molar-refractivity contribution >= 4 is 0 Å². The van der Waals surface area contributed by atoms with Crippen molar-refractivity contribution in [2.24, 2.45) is 5.73 Å². The molecule has 0 saturated heterocycles. The fourth-order valence-electron chi connectivity index (χ4n) is 2.40. The molecule has 3 rings (SSSR count). The summed E-state index contributed by atoms with van der Waals surface area (Å²) in [6.07, 6.45) is 3.44. The predicted octanol–water partition coefficient (Wildman–Crippen LogP) is 2.35. The molecule has 0 aliphatic carbocycles. The highest BCUT2D eigenvalue weighted by Gasteiger charge is 2.26. The van der Waals surface area contributed by atoms with Gasteiger partial charge in [0.05, 0.1) is 6.04 Å². The first kappa shape index (κ1) is 13.9. The third kappa shape index (κ3) is 3.16. The summed E-state index contributed by atoms with van der Waals surface area (Å²) in [6, 6.07) is 11.7. The number of nitrogens with zero attached hydrogens (tertiary/aromatic N) is 1. The molecular formula is C17H20N2O2. The molecule has 1 aliphatic heterocycles. The van der Waals surface area contributed by atoms with Crippen molar-refractivity contribution in [1.82, 2.24) is 4.98 Å². The van der Waals surface area contributed by atoms with Gasteiger partial charge in [-0.15, -0.1) is 0 Å². The van der Waals surface area contributed by atoms with Crippen LogP contribution in [0.2, 0.25) is 0 Å². The molecule has 2 unspecified atom stereocenters. The van der Waals surface area contributed by atoms with Gasteiger partial charge in [-0.25, -0.2) is 0 Å². The molecule has 2 atom stereocenters. The Bertz CT molecular complexity index is 598. The highest BCUT2D eigenvalue weighted by Crippen LogP contribution is 2.31. The van der Waals surface area contributed by atoms with Gasteiger partial charge in [-0.2, -0.15) is 0 Å². The quantitative estimate of drug-likeness (QED) is 0.936. The summed E-state index contributed by atoms with van der Waals surface area (Å²) >= 11 is 0. The Kier molecular flexibility index (Phi) is 4.06. The van der Waals surface area contributed by atoms with Crippen molar-refractivity contribution in [3.63, 3.8) is 0 Å². The van der Waals surface area contributed by atoms with Gasteiger partial charge in [0.15, 0.2) is 11.5 Å². The zero-order valence-electron chi connectivity index (χ0n) is 12.2. The first-order chi connectivity index (χ1) is 10.3. The molecule has 1 aromatic heterocycles. The fraction of sp³-hybridized carbons (Fsp3) is 0.353. The first-order valence-corrected chi connectivity index (χ1v) is 7.34. The van der Waals surface area contributed by atoms with Crippen LogP contribution in [0.25, 0.3) is 0 Å². The number of rotatable bonds is 4. The van der Waals surface area contributed by atoms with Crippen molar-refractivity contribution in [3.8, 4) is 11.5 Å². The van der Waals surface area contributed by atoms with Gasteiger partial charge in [0.2, 0.25) is 0 Å². The van der Waals surface area contributed by atoms with E-state index in [1.165, 1.54) is 5.56 Å². The van der Waals surface area contributed by atoms with Gasteiger partial charge >= 0.3 is 0 Å². The summed E-state index contributed by atoms with van der Waals surface area (Å²) in [7, 11) is 0. The number of aryl methyl sites for hydroxylation is 1. The Balaban J connectivity index is 1.64. The minimum atomic E-state index is -0.146. The van der Waals surface area contributed by atoms with Crippen LogP contribution in [0.3, 0.4) is 0 Å². The molecule has 2 N–H and O–H groups in total. The third-order valence-electron chi connectivity index (χ3n) is 3.75. The summed E-state index contributed by atoms with van der Waals surface area (Å²) in [5, 5.41) is 0. The standard InChI is InChI=1S/C17H20N2O2/c1-2-12-7-8-13(19-10-12)9-14(18)17-11-20-15-5-3-4-6-16(15)21-17/h3-8,10,14,17H,2,9,11,18H2,1H3.